The Balaban J connectivity index is 1.94. The van der Waals surface area contributed by atoms with Crippen molar-refractivity contribution in [1.29, 1.82) is 0 Å². The van der Waals surface area contributed by atoms with Crippen LogP contribution in [0.25, 0.3) is 0 Å². The molecule has 2 heterocycles. The highest BCUT2D eigenvalue weighted by molar-refractivity contribution is 9.10. The lowest BCUT2D eigenvalue weighted by Crippen LogP contribution is -2.35. The average molecular weight is 539 g/mol. The van der Waals surface area contributed by atoms with Crippen molar-refractivity contribution in [3.63, 3.8) is 0 Å². The summed E-state index contributed by atoms with van der Waals surface area (Å²) in [5, 5.41) is 7.73. The summed E-state index contributed by atoms with van der Waals surface area (Å²) in [6, 6.07) is 1.54. The third-order valence-corrected chi connectivity index (χ3v) is 5.06. The molecule has 8 nitrogen and oxygen atoms in total. The molecule has 0 saturated heterocycles. The van der Waals surface area contributed by atoms with Gasteiger partial charge in [0.05, 0.1) is 47.5 Å². The van der Waals surface area contributed by atoms with Gasteiger partial charge in [0.1, 0.15) is 5.82 Å². The number of benzene rings is 1. The Hall–Kier alpha value is -3.36. The SMILES string of the molecule is COc1ncc(N(Cc2n[nH]c(C(F)(F)F)c2Br)C(=O)Nc2ccc(F)c(C(F)F)c2)cn1. The zero-order valence-corrected chi connectivity index (χ0v) is 18.0. The van der Waals surface area contributed by atoms with Crippen molar-refractivity contribution in [2.75, 3.05) is 17.3 Å². The van der Waals surface area contributed by atoms with Crippen LogP contribution in [0.3, 0.4) is 0 Å². The summed E-state index contributed by atoms with van der Waals surface area (Å²) in [6.07, 6.45) is -5.55. The number of carbonyl (C=O) groups is 1. The van der Waals surface area contributed by atoms with Gasteiger partial charge >= 0.3 is 18.2 Å². The number of nitrogens with zero attached hydrogens (tertiary/aromatic N) is 4. The molecule has 0 radical (unpaired) electrons. The fourth-order valence-electron chi connectivity index (χ4n) is 2.62. The number of methoxy groups -OCH3 is 1. The fraction of sp³-hybridized carbons (Fsp3) is 0.222. The van der Waals surface area contributed by atoms with E-state index in [2.05, 4.69) is 36.3 Å². The van der Waals surface area contributed by atoms with Gasteiger partial charge in [-0.2, -0.15) is 18.3 Å². The van der Waals surface area contributed by atoms with Gasteiger partial charge in [-0.25, -0.2) is 27.9 Å². The number of hydrogen-bond acceptors (Lipinski definition) is 5. The summed E-state index contributed by atoms with van der Waals surface area (Å²) < 4.78 is 83.1. The molecule has 176 valence electrons. The molecule has 3 aromatic rings. The Kier molecular flexibility index (Phi) is 7.09. The van der Waals surface area contributed by atoms with Crippen LogP contribution in [-0.2, 0) is 12.7 Å². The molecule has 0 aliphatic carbocycles. The van der Waals surface area contributed by atoms with Crippen LogP contribution in [0.1, 0.15) is 23.4 Å². The minimum absolute atomic E-state index is 0.0213. The van der Waals surface area contributed by atoms with E-state index in [1.54, 1.807) is 0 Å². The first-order valence-corrected chi connectivity index (χ1v) is 9.62. The molecule has 2 N–H and O–H groups in total. The molecule has 3 rings (SSSR count). The van der Waals surface area contributed by atoms with E-state index in [-0.39, 0.29) is 23.1 Å². The Labute approximate surface area is 190 Å². The molecule has 2 amide bonds. The van der Waals surface area contributed by atoms with Gasteiger partial charge in [0.2, 0.25) is 0 Å². The zero-order valence-electron chi connectivity index (χ0n) is 16.4. The number of nitrogens with one attached hydrogen (secondary N) is 2. The van der Waals surface area contributed by atoms with Gasteiger partial charge in [0, 0.05) is 5.69 Å². The topological polar surface area (TPSA) is 96.0 Å². The monoisotopic (exact) mass is 538 g/mol. The second kappa shape index (κ2) is 9.64. The smallest absolute Gasteiger partial charge is 0.433 e. The second-order valence-electron chi connectivity index (χ2n) is 6.34. The van der Waals surface area contributed by atoms with E-state index in [1.165, 1.54) is 7.11 Å². The van der Waals surface area contributed by atoms with Crippen LogP contribution in [-0.4, -0.2) is 33.3 Å². The summed E-state index contributed by atoms with van der Waals surface area (Å²) in [5.74, 6) is -1.16. The van der Waals surface area contributed by atoms with Crippen molar-refractivity contribution >= 4 is 33.3 Å². The van der Waals surface area contributed by atoms with E-state index < -0.39 is 46.7 Å². The second-order valence-corrected chi connectivity index (χ2v) is 7.13. The van der Waals surface area contributed by atoms with E-state index in [0.29, 0.717) is 0 Å². The number of aromatic nitrogens is 4. The van der Waals surface area contributed by atoms with Gasteiger partial charge in [-0.05, 0) is 34.1 Å². The predicted octanol–water partition coefficient (Wildman–Crippen LogP) is 5.31. The molecule has 15 heteroatoms. The van der Waals surface area contributed by atoms with Gasteiger partial charge in [-0.1, -0.05) is 0 Å². The molecule has 33 heavy (non-hydrogen) atoms. The summed E-state index contributed by atoms with van der Waals surface area (Å²) >= 11 is 2.81. The van der Waals surface area contributed by atoms with Gasteiger partial charge in [0.15, 0.2) is 5.69 Å². The number of aromatic amines is 1. The molecular formula is C18H13BrF6N6O2. The van der Waals surface area contributed by atoms with Gasteiger partial charge < -0.3 is 10.1 Å². The fourth-order valence-corrected chi connectivity index (χ4v) is 3.15. The van der Waals surface area contributed by atoms with Gasteiger partial charge in [-0.15, -0.1) is 0 Å². The van der Waals surface area contributed by atoms with E-state index >= 15 is 0 Å². The molecule has 0 saturated carbocycles. The predicted molar refractivity (Wildman–Crippen MR) is 106 cm³/mol. The van der Waals surface area contributed by atoms with Crippen molar-refractivity contribution in [2.45, 2.75) is 19.1 Å². The summed E-state index contributed by atoms with van der Waals surface area (Å²) in [5.41, 5.74) is -2.44. The molecule has 0 aliphatic heterocycles. The third kappa shape index (κ3) is 5.53. The zero-order chi connectivity index (χ0) is 24.3. The lowest BCUT2D eigenvalue weighted by atomic mass is 10.2. The number of H-pyrrole nitrogens is 1. The van der Waals surface area contributed by atoms with Crippen LogP contribution in [0, 0.1) is 5.82 Å². The minimum atomic E-state index is -4.74. The van der Waals surface area contributed by atoms with E-state index in [9.17, 15) is 31.1 Å². The number of carbonyl (C=O) groups excluding carboxylic acids is 1. The van der Waals surface area contributed by atoms with Crippen molar-refractivity contribution in [2.24, 2.45) is 0 Å². The molecule has 0 atom stereocenters. The van der Waals surface area contributed by atoms with Crippen LogP contribution in [0.4, 0.5) is 42.5 Å². The molecule has 0 unspecified atom stereocenters. The first-order chi connectivity index (χ1) is 15.5. The van der Waals surface area contributed by atoms with E-state index in [4.69, 9.17) is 4.74 Å². The first-order valence-electron chi connectivity index (χ1n) is 8.83. The highest BCUT2D eigenvalue weighted by atomic mass is 79.9. The largest absolute Gasteiger partial charge is 0.467 e. The van der Waals surface area contributed by atoms with Gasteiger partial charge in [-0.3, -0.25) is 10.00 Å². The highest BCUT2D eigenvalue weighted by Crippen LogP contribution is 2.35. The number of hydrogen-bond donors (Lipinski definition) is 2. The number of rotatable bonds is 6. The van der Waals surface area contributed by atoms with Crippen molar-refractivity contribution in [3.8, 4) is 6.01 Å². The molecule has 2 aromatic heterocycles. The van der Waals surface area contributed by atoms with Crippen LogP contribution in [0.15, 0.2) is 35.1 Å². The number of urea groups is 1. The minimum Gasteiger partial charge on any atom is -0.467 e. The van der Waals surface area contributed by atoms with E-state index in [1.807, 2.05) is 5.10 Å². The van der Waals surface area contributed by atoms with Crippen LogP contribution in [0.2, 0.25) is 0 Å². The number of ether oxygens (including phenoxy) is 1. The molecule has 0 aliphatic rings. The maximum absolute atomic E-state index is 13.5. The quantitative estimate of drug-likeness (QED) is 0.415. The molecule has 0 fully saturated rings. The molecule has 0 spiro atoms. The van der Waals surface area contributed by atoms with E-state index in [0.717, 1.165) is 35.5 Å². The summed E-state index contributed by atoms with van der Waals surface area (Å²) in [4.78, 5) is 21.5. The summed E-state index contributed by atoms with van der Waals surface area (Å²) in [6.45, 7) is -0.502. The van der Waals surface area contributed by atoms with Crippen molar-refractivity contribution < 1.29 is 35.9 Å². The molecular weight excluding hydrogens is 526 g/mol. The van der Waals surface area contributed by atoms with Crippen LogP contribution >= 0.6 is 15.9 Å². The number of amides is 2. The Morgan fingerprint density at radius 3 is 2.48 bits per heavy atom. The lowest BCUT2D eigenvalue weighted by molar-refractivity contribution is -0.141. The van der Waals surface area contributed by atoms with Crippen molar-refractivity contribution in [3.05, 3.63) is 57.8 Å². The van der Waals surface area contributed by atoms with Crippen molar-refractivity contribution in [1.82, 2.24) is 20.2 Å². The lowest BCUT2D eigenvalue weighted by Gasteiger charge is -2.22. The van der Waals surface area contributed by atoms with Crippen LogP contribution in [0.5, 0.6) is 6.01 Å². The average Bonchev–Trinajstić information content (AvgIpc) is 3.13. The Bertz CT molecular complexity index is 1140. The maximum Gasteiger partial charge on any atom is 0.433 e. The molecule has 0 bridgehead atoms. The third-order valence-electron chi connectivity index (χ3n) is 4.20. The molecule has 1 aromatic carbocycles. The first kappa shape index (κ1) is 24.3. The number of alkyl halides is 5. The Morgan fingerprint density at radius 2 is 1.94 bits per heavy atom. The summed E-state index contributed by atoms with van der Waals surface area (Å²) in [7, 11) is 1.30. The normalized spacial score (nSPS) is 11.5. The standard InChI is InChI=1S/C18H13BrF6N6O2/c1-33-16-26-5-9(6-27-16)31(7-12-13(19)14(30-29-12)18(23,24)25)17(32)28-8-2-3-11(20)10(4-8)15(21)22/h2-6,15H,7H2,1H3,(H,28,32)(H,29,30). The van der Waals surface area contributed by atoms with Crippen LogP contribution < -0.4 is 15.0 Å². The van der Waals surface area contributed by atoms with Gasteiger partial charge in [0.25, 0.3) is 6.43 Å². The Morgan fingerprint density at radius 1 is 1.27 bits per heavy atom. The number of anilines is 2. The maximum atomic E-state index is 13.5. The number of halogens is 7. The highest BCUT2D eigenvalue weighted by Gasteiger charge is 2.37.